The second-order valence-electron chi connectivity index (χ2n) is 5.88. The smallest absolute Gasteiger partial charge is 0.0964 e. The fraction of sp³-hybridized carbons (Fsp3) is 0.368. The monoisotopic (exact) mass is 309 g/mol. The number of oxime groups is 1. The van der Waals surface area contributed by atoms with Crippen LogP contribution in [-0.2, 0) is 0 Å². The van der Waals surface area contributed by atoms with E-state index in [2.05, 4.69) is 45.1 Å². The topological polar surface area (TPSA) is 50.4 Å². The number of benzene rings is 1. The molecule has 0 amide bonds. The van der Waals surface area contributed by atoms with Crippen LogP contribution in [0, 0.1) is 0 Å². The van der Waals surface area contributed by atoms with Gasteiger partial charge in [-0.3, -0.25) is 0 Å². The lowest BCUT2D eigenvalue weighted by atomic mass is 10.00. The van der Waals surface area contributed by atoms with E-state index in [1.54, 1.807) is 0 Å². The second-order valence-corrected chi connectivity index (χ2v) is 5.88. The van der Waals surface area contributed by atoms with E-state index in [1.165, 1.54) is 0 Å². The van der Waals surface area contributed by atoms with Crippen molar-refractivity contribution in [1.29, 1.82) is 0 Å². The third kappa shape index (κ3) is 3.70. The molecule has 2 aromatic rings. The van der Waals surface area contributed by atoms with Crippen LogP contribution >= 0.6 is 0 Å². The Kier molecular flexibility index (Phi) is 5.25. The maximum atomic E-state index is 9.55. The van der Waals surface area contributed by atoms with Gasteiger partial charge in [0, 0.05) is 0 Å². The lowest BCUT2D eigenvalue weighted by molar-refractivity contribution is 0.312. The number of fused-ring (bicyclic) bond motifs is 1. The summed E-state index contributed by atoms with van der Waals surface area (Å²) in [6, 6.07) is 8.15. The minimum atomic E-state index is 0.0462. The molecule has 0 spiro atoms. The fourth-order valence-corrected chi connectivity index (χ4v) is 3.13. The Balaban J connectivity index is 1.93. The van der Waals surface area contributed by atoms with Crippen molar-refractivity contribution >= 4 is 16.7 Å². The van der Waals surface area contributed by atoms with Crippen LogP contribution in [0.5, 0.6) is 0 Å². The van der Waals surface area contributed by atoms with Gasteiger partial charge in [0.2, 0.25) is 0 Å². The number of aromatic nitrogens is 2. The van der Waals surface area contributed by atoms with Gasteiger partial charge >= 0.3 is 0 Å². The minimum Gasteiger partial charge on any atom is -0.411 e. The molecule has 0 aliphatic heterocycles. The van der Waals surface area contributed by atoms with E-state index < -0.39 is 0 Å². The molecule has 1 aromatic carbocycles. The molecule has 0 saturated heterocycles. The molecular formula is C19H23N3O. The minimum absolute atomic E-state index is 0.0462. The molecular weight excluding hydrogens is 286 g/mol. The van der Waals surface area contributed by atoms with Gasteiger partial charge in [-0.1, -0.05) is 41.6 Å². The molecule has 1 aliphatic carbocycles. The van der Waals surface area contributed by atoms with Crippen LogP contribution in [0.2, 0.25) is 0 Å². The quantitative estimate of drug-likeness (QED) is 0.464. The lowest BCUT2D eigenvalue weighted by Gasteiger charge is -2.20. The highest BCUT2D eigenvalue weighted by Crippen LogP contribution is 2.25. The zero-order valence-electron chi connectivity index (χ0n) is 13.3. The summed E-state index contributed by atoms with van der Waals surface area (Å²) >= 11 is 0. The number of hydrogen-bond donors (Lipinski definition) is 1. The van der Waals surface area contributed by atoms with Crippen molar-refractivity contribution < 1.29 is 5.21 Å². The van der Waals surface area contributed by atoms with Crippen LogP contribution < -0.4 is 0 Å². The van der Waals surface area contributed by atoms with Gasteiger partial charge in [0.15, 0.2) is 0 Å². The summed E-state index contributed by atoms with van der Waals surface area (Å²) in [6.07, 6.45) is 16.5. The predicted molar refractivity (Wildman–Crippen MR) is 94.0 cm³/mol. The van der Waals surface area contributed by atoms with E-state index in [4.69, 9.17) is 0 Å². The highest BCUT2D eigenvalue weighted by Gasteiger charge is 2.20. The van der Waals surface area contributed by atoms with E-state index in [0.717, 1.165) is 55.3 Å². The van der Waals surface area contributed by atoms with Crippen LogP contribution in [0.15, 0.2) is 60.1 Å². The third-order valence-electron chi connectivity index (χ3n) is 4.34. The summed E-state index contributed by atoms with van der Waals surface area (Å²) in [5.41, 5.74) is 2.89. The molecule has 120 valence electrons. The highest BCUT2D eigenvalue weighted by atomic mass is 16.4. The molecule has 4 heteroatoms. The standard InChI is InChI=1S/C19H23N3O/c23-21-17-12-7-5-3-1-2-4-6-8-13-19(17)22-15-20-16-11-9-10-14-18(16)22/h3-6,9-11,14-15,19,23H,1-2,7-8,12-13H2/b5-3+,6-4+,21-17+/t19-/m0/s1. The zero-order chi connectivity index (χ0) is 15.9. The molecule has 1 atom stereocenters. The first kappa shape index (κ1) is 15.5. The van der Waals surface area contributed by atoms with E-state index in [9.17, 15) is 5.21 Å². The number of rotatable bonds is 1. The largest absolute Gasteiger partial charge is 0.411 e. The summed E-state index contributed by atoms with van der Waals surface area (Å²) < 4.78 is 2.15. The molecule has 23 heavy (non-hydrogen) atoms. The number of nitrogens with zero attached hydrogens (tertiary/aromatic N) is 3. The van der Waals surface area contributed by atoms with Crippen molar-refractivity contribution in [1.82, 2.24) is 9.55 Å². The van der Waals surface area contributed by atoms with Crippen molar-refractivity contribution in [3.05, 3.63) is 54.9 Å². The average Bonchev–Trinajstić information content (AvgIpc) is 2.99. The molecule has 1 heterocycles. The van der Waals surface area contributed by atoms with Gasteiger partial charge in [-0.2, -0.15) is 0 Å². The van der Waals surface area contributed by atoms with Crippen LogP contribution in [0.3, 0.4) is 0 Å². The Bertz CT molecular complexity index is 727. The van der Waals surface area contributed by atoms with Crippen molar-refractivity contribution in [2.24, 2.45) is 5.16 Å². The third-order valence-corrected chi connectivity index (χ3v) is 4.34. The van der Waals surface area contributed by atoms with Crippen LogP contribution in [0.25, 0.3) is 11.0 Å². The molecule has 0 saturated carbocycles. The van der Waals surface area contributed by atoms with E-state index in [1.807, 2.05) is 24.5 Å². The average molecular weight is 309 g/mol. The summed E-state index contributed by atoms with van der Waals surface area (Å²) in [5, 5.41) is 13.2. The zero-order valence-corrected chi connectivity index (χ0v) is 13.3. The van der Waals surface area contributed by atoms with Crippen molar-refractivity contribution in [3.8, 4) is 0 Å². The van der Waals surface area contributed by atoms with Crippen LogP contribution in [0.1, 0.15) is 44.6 Å². The second kappa shape index (κ2) is 7.77. The SMILES string of the molecule is O/N=C1\CC/C=C/CC/C=C/CC[C@@H]1n1cnc2ccccc21. The lowest BCUT2D eigenvalue weighted by Crippen LogP contribution is -2.19. The Morgan fingerprint density at radius 1 is 1.00 bits per heavy atom. The van der Waals surface area contributed by atoms with Gasteiger partial charge in [0.05, 0.1) is 29.1 Å². The first-order valence-corrected chi connectivity index (χ1v) is 8.32. The van der Waals surface area contributed by atoms with Crippen LogP contribution in [-0.4, -0.2) is 20.5 Å². The van der Waals surface area contributed by atoms with Gasteiger partial charge in [0.25, 0.3) is 0 Å². The van der Waals surface area contributed by atoms with E-state index in [0.29, 0.717) is 0 Å². The molecule has 1 aromatic heterocycles. The molecule has 0 fully saturated rings. The Labute approximate surface area is 136 Å². The highest BCUT2D eigenvalue weighted by molar-refractivity contribution is 5.89. The first-order chi connectivity index (χ1) is 11.4. The number of hydrogen-bond acceptors (Lipinski definition) is 3. The summed E-state index contributed by atoms with van der Waals surface area (Å²) in [7, 11) is 0. The van der Waals surface area contributed by atoms with Gasteiger partial charge < -0.3 is 9.77 Å². The molecule has 0 radical (unpaired) electrons. The van der Waals surface area contributed by atoms with Crippen molar-refractivity contribution in [3.63, 3.8) is 0 Å². The maximum absolute atomic E-state index is 9.55. The normalized spacial score (nSPS) is 24.9. The number of allylic oxidation sites excluding steroid dienone is 4. The molecule has 1 N–H and O–H groups in total. The number of imidazole rings is 1. The summed E-state index contributed by atoms with van der Waals surface area (Å²) in [6.45, 7) is 0. The fourth-order valence-electron chi connectivity index (χ4n) is 3.13. The summed E-state index contributed by atoms with van der Waals surface area (Å²) in [5.74, 6) is 0. The van der Waals surface area contributed by atoms with Crippen molar-refractivity contribution in [2.75, 3.05) is 0 Å². The summed E-state index contributed by atoms with van der Waals surface area (Å²) in [4.78, 5) is 4.49. The number of para-hydroxylation sites is 2. The van der Waals surface area contributed by atoms with Crippen molar-refractivity contribution in [2.45, 2.75) is 44.6 Å². The molecule has 0 bridgehead atoms. The van der Waals surface area contributed by atoms with Gasteiger partial charge in [0.1, 0.15) is 0 Å². The van der Waals surface area contributed by atoms with E-state index >= 15 is 0 Å². The maximum Gasteiger partial charge on any atom is 0.0964 e. The van der Waals surface area contributed by atoms with Gasteiger partial charge in [-0.25, -0.2) is 4.98 Å². The first-order valence-electron chi connectivity index (χ1n) is 8.32. The van der Waals surface area contributed by atoms with E-state index in [-0.39, 0.29) is 6.04 Å². The predicted octanol–water partition coefficient (Wildman–Crippen LogP) is 4.87. The molecule has 3 rings (SSSR count). The Hall–Kier alpha value is -2.36. The molecule has 0 unspecified atom stereocenters. The Morgan fingerprint density at radius 2 is 1.74 bits per heavy atom. The van der Waals surface area contributed by atoms with Crippen LogP contribution in [0.4, 0.5) is 0 Å². The van der Waals surface area contributed by atoms with Gasteiger partial charge in [-0.05, 0) is 50.7 Å². The molecule has 4 nitrogen and oxygen atoms in total. The Morgan fingerprint density at radius 3 is 2.57 bits per heavy atom. The van der Waals surface area contributed by atoms with Gasteiger partial charge in [-0.15, -0.1) is 0 Å². The molecule has 1 aliphatic rings.